The van der Waals surface area contributed by atoms with Gasteiger partial charge in [0.05, 0.1) is 12.7 Å². The normalized spacial score (nSPS) is 17.7. The van der Waals surface area contributed by atoms with E-state index >= 15 is 0 Å². The smallest absolute Gasteiger partial charge is 0.255 e. The second-order valence-corrected chi connectivity index (χ2v) is 6.72. The number of amides is 2. The number of piperidine rings is 1. The number of alkyl halides is 1. The van der Waals surface area contributed by atoms with Crippen LogP contribution in [0.15, 0.2) is 18.2 Å². The Kier molecular flexibility index (Phi) is 5.96. The molecule has 142 valence electrons. The number of rotatable bonds is 7. The second kappa shape index (κ2) is 8.38. The second-order valence-electron chi connectivity index (χ2n) is 6.72. The summed E-state index contributed by atoms with van der Waals surface area (Å²) in [5.41, 5.74) is 0.328. The third kappa shape index (κ3) is 4.45. The zero-order chi connectivity index (χ0) is 18.5. The predicted molar refractivity (Wildman–Crippen MR) is 94.3 cm³/mol. The first-order chi connectivity index (χ1) is 12.6. The van der Waals surface area contributed by atoms with E-state index in [9.17, 15) is 14.0 Å². The van der Waals surface area contributed by atoms with E-state index in [1.807, 2.05) is 4.90 Å². The van der Waals surface area contributed by atoms with Crippen LogP contribution < -0.4 is 14.8 Å². The Balaban J connectivity index is 1.63. The van der Waals surface area contributed by atoms with Gasteiger partial charge in [-0.05, 0) is 31.0 Å². The van der Waals surface area contributed by atoms with Crippen LogP contribution in [-0.4, -0.2) is 56.2 Å². The summed E-state index contributed by atoms with van der Waals surface area (Å²) in [5.74, 6) is 1.10. The summed E-state index contributed by atoms with van der Waals surface area (Å²) in [6.07, 6.45) is 3.43. The van der Waals surface area contributed by atoms with Crippen LogP contribution in [0.5, 0.6) is 11.5 Å². The van der Waals surface area contributed by atoms with Gasteiger partial charge in [-0.15, -0.1) is 0 Å². The van der Waals surface area contributed by atoms with Crippen molar-refractivity contribution in [3.8, 4) is 11.5 Å². The summed E-state index contributed by atoms with van der Waals surface area (Å²) in [6.45, 7) is 0.690. The molecule has 1 saturated carbocycles. The number of carbonyl (C=O) groups excluding carboxylic acids is 2. The van der Waals surface area contributed by atoms with Gasteiger partial charge in [-0.2, -0.15) is 0 Å². The first kappa shape index (κ1) is 18.5. The van der Waals surface area contributed by atoms with Crippen LogP contribution in [0.4, 0.5) is 4.39 Å². The summed E-state index contributed by atoms with van der Waals surface area (Å²) in [6, 6.07) is 5.02. The molecule has 1 aromatic carbocycles. The standard InChI is InChI=1S/C19H25FN2O4/c1-25-15-4-5-17(16(12-15)18(23)21-9-8-20)26-14-6-10-22(11-7-14)19(24)13-2-3-13/h4-5,12-14H,2-3,6-11H2,1H3,(H,21,23). The van der Waals surface area contributed by atoms with E-state index in [4.69, 9.17) is 9.47 Å². The highest BCUT2D eigenvalue weighted by atomic mass is 19.1. The van der Waals surface area contributed by atoms with E-state index in [0.717, 1.165) is 25.7 Å². The third-order valence-electron chi connectivity index (χ3n) is 4.79. The minimum Gasteiger partial charge on any atom is -0.497 e. The number of halogens is 1. The number of nitrogens with one attached hydrogen (secondary N) is 1. The molecular formula is C19H25FN2O4. The molecule has 0 atom stereocenters. The topological polar surface area (TPSA) is 67.9 Å². The van der Waals surface area contributed by atoms with Crippen LogP contribution in [0.25, 0.3) is 0 Å². The summed E-state index contributed by atoms with van der Waals surface area (Å²) in [5, 5.41) is 2.52. The van der Waals surface area contributed by atoms with Crippen molar-refractivity contribution in [1.82, 2.24) is 10.2 Å². The van der Waals surface area contributed by atoms with Gasteiger partial charge in [-0.1, -0.05) is 0 Å². The highest BCUT2D eigenvalue weighted by Gasteiger charge is 2.35. The molecule has 6 nitrogen and oxygen atoms in total. The number of ether oxygens (including phenoxy) is 2. The van der Waals surface area contributed by atoms with Crippen LogP contribution >= 0.6 is 0 Å². The van der Waals surface area contributed by atoms with Crippen molar-refractivity contribution in [2.24, 2.45) is 5.92 Å². The maximum absolute atomic E-state index is 12.3. The molecule has 0 radical (unpaired) electrons. The van der Waals surface area contributed by atoms with Crippen molar-refractivity contribution in [2.45, 2.75) is 31.8 Å². The molecule has 26 heavy (non-hydrogen) atoms. The summed E-state index contributed by atoms with van der Waals surface area (Å²) in [4.78, 5) is 26.3. The quantitative estimate of drug-likeness (QED) is 0.805. The largest absolute Gasteiger partial charge is 0.497 e. The van der Waals surface area contributed by atoms with E-state index in [2.05, 4.69) is 5.32 Å². The number of hydrogen-bond donors (Lipinski definition) is 1. The number of likely N-dealkylation sites (tertiary alicyclic amines) is 1. The maximum atomic E-state index is 12.3. The molecule has 1 heterocycles. The van der Waals surface area contributed by atoms with E-state index in [1.165, 1.54) is 7.11 Å². The van der Waals surface area contributed by atoms with Crippen molar-refractivity contribution >= 4 is 11.8 Å². The Morgan fingerprint density at radius 1 is 1.23 bits per heavy atom. The molecule has 1 saturated heterocycles. The molecule has 3 rings (SSSR count). The lowest BCUT2D eigenvalue weighted by Gasteiger charge is -2.32. The van der Waals surface area contributed by atoms with E-state index in [1.54, 1.807) is 18.2 Å². The highest BCUT2D eigenvalue weighted by Crippen LogP contribution is 2.32. The molecule has 2 amide bonds. The van der Waals surface area contributed by atoms with Gasteiger partial charge in [0, 0.05) is 38.4 Å². The molecule has 0 unspecified atom stereocenters. The van der Waals surface area contributed by atoms with Crippen LogP contribution in [0, 0.1) is 5.92 Å². The maximum Gasteiger partial charge on any atom is 0.255 e. The Labute approximate surface area is 152 Å². The molecule has 1 N–H and O–H groups in total. The van der Waals surface area contributed by atoms with Gasteiger partial charge in [-0.3, -0.25) is 9.59 Å². The monoisotopic (exact) mass is 364 g/mol. The van der Waals surface area contributed by atoms with Crippen molar-refractivity contribution < 1.29 is 23.5 Å². The Morgan fingerprint density at radius 3 is 2.58 bits per heavy atom. The van der Waals surface area contributed by atoms with E-state index in [-0.39, 0.29) is 24.5 Å². The molecular weight excluding hydrogens is 339 g/mol. The fraction of sp³-hybridized carbons (Fsp3) is 0.579. The zero-order valence-corrected chi connectivity index (χ0v) is 15.0. The number of carbonyl (C=O) groups is 2. The van der Waals surface area contributed by atoms with Gasteiger partial charge >= 0.3 is 0 Å². The number of benzene rings is 1. The summed E-state index contributed by atoms with van der Waals surface area (Å²) >= 11 is 0. The molecule has 1 aliphatic carbocycles. The molecule has 0 bridgehead atoms. The lowest BCUT2D eigenvalue weighted by atomic mass is 10.1. The zero-order valence-electron chi connectivity index (χ0n) is 15.0. The molecule has 7 heteroatoms. The van der Waals surface area contributed by atoms with Crippen LogP contribution in [0.3, 0.4) is 0 Å². The Morgan fingerprint density at radius 2 is 1.96 bits per heavy atom. The third-order valence-corrected chi connectivity index (χ3v) is 4.79. The lowest BCUT2D eigenvalue weighted by molar-refractivity contribution is -0.134. The fourth-order valence-electron chi connectivity index (χ4n) is 3.13. The number of nitrogens with zero attached hydrogens (tertiary/aromatic N) is 1. The minimum absolute atomic E-state index is 0.0445. The van der Waals surface area contributed by atoms with Gasteiger partial charge in [0.1, 0.15) is 24.3 Å². The summed E-state index contributed by atoms with van der Waals surface area (Å²) < 4.78 is 23.6. The van der Waals surface area contributed by atoms with Crippen LogP contribution in [0.2, 0.25) is 0 Å². The highest BCUT2D eigenvalue weighted by molar-refractivity contribution is 5.97. The number of methoxy groups -OCH3 is 1. The molecule has 2 fully saturated rings. The van der Waals surface area contributed by atoms with Crippen molar-refractivity contribution in [3.05, 3.63) is 23.8 Å². The van der Waals surface area contributed by atoms with Gasteiger partial charge < -0.3 is 19.7 Å². The van der Waals surface area contributed by atoms with Crippen LogP contribution in [-0.2, 0) is 4.79 Å². The lowest BCUT2D eigenvalue weighted by Crippen LogP contribution is -2.42. The van der Waals surface area contributed by atoms with Crippen molar-refractivity contribution in [2.75, 3.05) is 33.4 Å². The van der Waals surface area contributed by atoms with Gasteiger partial charge in [0.2, 0.25) is 5.91 Å². The molecule has 1 aromatic rings. The Bertz CT molecular complexity index is 655. The van der Waals surface area contributed by atoms with Crippen molar-refractivity contribution in [3.63, 3.8) is 0 Å². The van der Waals surface area contributed by atoms with Crippen LogP contribution in [0.1, 0.15) is 36.0 Å². The van der Waals surface area contributed by atoms with Crippen molar-refractivity contribution in [1.29, 1.82) is 0 Å². The van der Waals surface area contributed by atoms with Gasteiger partial charge in [0.15, 0.2) is 0 Å². The first-order valence-corrected chi connectivity index (χ1v) is 9.10. The minimum atomic E-state index is -0.626. The first-order valence-electron chi connectivity index (χ1n) is 9.10. The van der Waals surface area contributed by atoms with Gasteiger partial charge in [0.25, 0.3) is 5.91 Å². The molecule has 0 spiro atoms. The fourth-order valence-corrected chi connectivity index (χ4v) is 3.13. The molecule has 2 aliphatic rings. The average molecular weight is 364 g/mol. The van der Waals surface area contributed by atoms with Gasteiger partial charge in [-0.25, -0.2) is 4.39 Å². The Hall–Kier alpha value is -2.31. The predicted octanol–water partition coefficient (Wildman–Crippen LogP) is 2.17. The SMILES string of the molecule is COc1ccc(OC2CCN(C(=O)C3CC3)CC2)c(C(=O)NCCF)c1. The number of hydrogen-bond acceptors (Lipinski definition) is 4. The van der Waals surface area contributed by atoms with E-state index in [0.29, 0.717) is 30.2 Å². The molecule has 0 aromatic heterocycles. The summed E-state index contributed by atoms with van der Waals surface area (Å²) in [7, 11) is 1.52. The molecule has 1 aliphatic heterocycles. The average Bonchev–Trinajstić information content (AvgIpc) is 3.51. The van der Waals surface area contributed by atoms with E-state index < -0.39 is 12.6 Å².